The monoisotopic (exact) mass is 231 g/mol. The van der Waals surface area contributed by atoms with Crippen LogP contribution >= 0.6 is 23.8 Å². The number of benzene rings is 1. The Bertz CT molecular complexity index is 391. The van der Waals surface area contributed by atoms with Crippen molar-refractivity contribution in [2.24, 2.45) is 4.99 Å². The van der Waals surface area contributed by atoms with Crippen LogP contribution in [0.2, 0.25) is 5.02 Å². The van der Waals surface area contributed by atoms with Gasteiger partial charge in [0.05, 0.1) is 16.8 Å². The zero-order valence-corrected chi connectivity index (χ0v) is 8.95. The van der Waals surface area contributed by atoms with Gasteiger partial charge >= 0.3 is 0 Å². The molecule has 1 aromatic carbocycles. The number of thiocarbonyl (C=S) groups is 1. The van der Waals surface area contributed by atoms with Gasteiger partial charge in [0.2, 0.25) is 0 Å². The van der Waals surface area contributed by atoms with Crippen LogP contribution in [0.3, 0.4) is 0 Å². The van der Waals surface area contributed by atoms with Gasteiger partial charge in [-0.2, -0.15) is 4.99 Å². The molecule has 0 bridgehead atoms. The van der Waals surface area contributed by atoms with Gasteiger partial charge in [-0.05, 0) is 25.2 Å². The van der Waals surface area contributed by atoms with E-state index >= 15 is 0 Å². The number of aliphatic imine (C=N–C) groups is 1. The number of rotatable bonds is 3. The van der Waals surface area contributed by atoms with Crippen LogP contribution in [0.4, 0.5) is 10.1 Å². The van der Waals surface area contributed by atoms with E-state index in [0.29, 0.717) is 12.4 Å². The maximum Gasteiger partial charge on any atom is 0.151 e. The molecule has 0 amide bonds. The van der Waals surface area contributed by atoms with Crippen LogP contribution in [-0.2, 0) is 0 Å². The maximum absolute atomic E-state index is 13.1. The summed E-state index contributed by atoms with van der Waals surface area (Å²) in [6, 6.07) is 2.53. The SMILES string of the molecule is CCOc1cc(N=C=S)c(F)cc1Cl. The number of isothiocyanates is 1. The minimum absolute atomic E-state index is 0.0767. The molecule has 0 radical (unpaired) electrons. The van der Waals surface area contributed by atoms with E-state index in [2.05, 4.69) is 22.4 Å². The van der Waals surface area contributed by atoms with Crippen molar-refractivity contribution in [3.8, 4) is 5.75 Å². The van der Waals surface area contributed by atoms with Crippen LogP contribution in [-0.4, -0.2) is 11.8 Å². The predicted octanol–water partition coefficient (Wildman–Crippen LogP) is 3.61. The molecular weight excluding hydrogens is 225 g/mol. The predicted molar refractivity (Wildman–Crippen MR) is 57.3 cm³/mol. The quantitative estimate of drug-likeness (QED) is 0.586. The fourth-order valence-corrected chi connectivity index (χ4v) is 1.22. The topological polar surface area (TPSA) is 21.6 Å². The van der Waals surface area contributed by atoms with E-state index in [-0.39, 0.29) is 10.7 Å². The van der Waals surface area contributed by atoms with Gasteiger partial charge in [-0.1, -0.05) is 11.6 Å². The molecule has 5 heteroatoms. The lowest BCUT2D eigenvalue weighted by Gasteiger charge is -2.06. The Morgan fingerprint density at radius 1 is 1.64 bits per heavy atom. The second kappa shape index (κ2) is 5.05. The lowest BCUT2D eigenvalue weighted by atomic mass is 10.3. The highest BCUT2D eigenvalue weighted by Crippen LogP contribution is 2.31. The molecule has 0 aromatic heterocycles. The van der Waals surface area contributed by atoms with E-state index < -0.39 is 5.82 Å². The molecular formula is C9H7ClFNOS. The fourth-order valence-electron chi connectivity index (χ4n) is 0.919. The summed E-state index contributed by atoms with van der Waals surface area (Å²) in [5, 5.41) is 2.30. The summed E-state index contributed by atoms with van der Waals surface area (Å²) >= 11 is 10.1. The molecule has 0 aliphatic rings. The van der Waals surface area contributed by atoms with Crippen LogP contribution in [0.1, 0.15) is 6.92 Å². The third kappa shape index (κ3) is 2.51. The number of nitrogens with zero attached hydrogens (tertiary/aromatic N) is 1. The zero-order valence-electron chi connectivity index (χ0n) is 7.38. The first-order chi connectivity index (χ1) is 6.69. The Kier molecular flexibility index (Phi) is 4.01. The van der Waals surface area contributed by atoms with E-state index in [1.54, 1.807) is 0 Å². The molecule has 0 heterocycles. The molecule has 0 atom stereocenters. The standard InChI is InChI=1S/C9H7ClFNOS/c1-2-13-9-4-8(12-5-14)7(11)3-6(9)10/h3-4H,2H2,1H3. The van der Waals surface area contributed by atoms with E-state index in [4.69, 9.17) is 16.3 Å². The molecule has 0 saturated heterocycles. The van der Waals surface area contributed by atoms with E-state index in [9.17, 15) is 4.39 Å². The van der Waals surface area contributed by atoms with Crippen molar-refractivity contribution in [2.45, 2.75) is 6.92 Å². The number of hydrogen-bond acceptors (Lipinski definition) is 3. The summed E-state index contributed by atoms with van der Waals surface area (Å²) in [6.07, 6.45) is 0. The second-order valence-electron chi connectivity index (χ2n) is 2.37. The molecule has 0 fully saturated rings. The summed E-state index contributed by atoms with van der Waals surface area (Å²) in [5.41, 5.74) is 0.0767. The Hall–Kier alpha value is -0.960. The average Bonchev–Trinajstić information content (AvgIpc) is 2.14. The fraction of sp³-hybridized carbons (Fsp3) is 0.222. The Labute approximate surface area is 91.4 Å². The first-order valence-corrected chi connectivity index (χ1v) is 4.67. The minimum Gasteiger partial charge on any atom is -0.492 e. The van der Waals surface area contributed by atoms with Crippen molar-refractivity contribution >= 4 is 34.7 Å². The summed E-state index contributed by atoms with van der Waals surface area (Å²) in [5.74, 6) is -0.157. The summed E-state index contributed by atoms with van der Waals surface area (Å²) in [6.45, 7) is 2.26. The molecule has 0 unspecified atom stereocenters. The van der Waals surface area contributed by atoms with Crippen LogP contribution in [0.25, 0.3) is 0 Å². The molecule has 14 heavy (non-hydrogen) atoms. The van der Waals surface area contributed by atoms with Gasteiger partial charge in [-0.3, -0.25) is 0 Å². The third-order valence-electron chi connectivity index (χ3n) is 1.47. The van der Waals surface area contributed by atoms with Gasteiger partial charge in [0.15, 0.2) is 5.82 Å². The molecule has 2 nitrogen and oxygen atoms in total. The maximum atomic E-state index is 13.1. The Morgan fingerprint density at radius 3 is 2.93 bits per heavy atom. The number of hydrogen-bond donors (Lipinski definition) is 0. The van der Waals surface area contributed by atoms with E-state index in [0.717, 1.165) is 6.07 Å². The van der Waals surface area contributed by atoms with Gasteiger partial charge in [-0.25, -0.2) is 4.39 Å². The van der Waals surface area contributed by atoms with Gasteiger partial charge in [0, 0.05) is 6.07 Å². The highest BCUT2D eigenvalue weighted by molar-refractivity contribution is 7.78. The van der Waals surface area contributed by atoms with Crippen LogP contribution in [0.15, 0.2) is 17.1 Å². The smallest absolute Gasteiger partial charge is 0.151 e. The summed E-state index contributed by atoms with van der Waals surface area (Å²) in [4.78, 5) is 3.54. The van der Waals surface area contributed by atoms with Crippen LogP contribution in [0, 0.1) is 5.82 Å². The second-order valence-corrected chi connectivity index (χ2v) is 2.96. The van der Waals surface area contributed by atoms with Crippen LogP contribution < -0.4 is 4.74 Å². The molecule has 0 aliphatic carbocycles. The molecule has 1 aromatic rings. The van der Waals surface area contributed by atoms with Crippen molar-refractivity contribution in [1.29, 1.82) is 0 Å². The Morgan fingerprint density at radius 2 is 2.36 bits per heavy atom. The summed E-state index contributed by atoms with van der Waals surface area (Å²) in [7, 11) is 0. The largest absolute Gasteiger partial charge is 0.492 e. The highest BCUT2D eigenvalue weighted by atomic mass is 35.5. The zero-order chi connectivity index (χ0) is 10.6. The molecule has 0 spiro atoms. The number of ether oxygens (including phenoxy) is 1. The first-order valence-electron chi connectivity index (χ1n) is 3.88. The molecule has 1 rings (SSSR count). The first kappa shape index (κ1) is 11.1. The van der Waals surface area contributed by atoms with E-state index in [1.807, 2.05) is 6.92 Å². The average molecular weight is 232 g/mol. The molecule has 0 N–H and O–H groups in total. The van der Waals surface area contributed by atoms with Gasteiger partial charge < -0.3 is 4.74 Å². The highest BCUT2D eigenvalue weighted by Gasteiger charge is 2.08. The van der Waals surface area contributed by atoms with Gasteiger partial charge in [-0.15, -0.1) is 0 Å². The Balaban J connectivity index is 3.19. The van der Waals surface area contributed by atoms with Crippen molar-refractivity contribution < 1.29 is 9.13 Å². The van der Waals surface area contributed by atoms with Gasteiger partial charge in [0.25, 0.3) is 0 Å². The summed E-state index contributed by atoms with van der Waals surface area (Å²) < 4.78 is 18.3. The minimum atomic E-state index is -0.546. The van der Waals surface area contributed by atoms with E-state index in [1.165, 1.54) is 6.07 Å². The lowest BCUT2D eigenvalue weighted by molar-refractivity contribution is 0.340. The van der Waals surface area contributed by atoms with Crippen molar-refractivity contribution in [1.82, 2.24) is 0 Å². The lowest BCUT2D eigenvalue weighted by Crippen LogP contribution is -1.92. The van der Waals surface area contributed by atoms with Crippen molar-refractivity contribution in [3.05, 3.63) is 23.0 Å². The number of halogens is 2. The molecule has 74 valence electrons. The van der Waals surface area contributed by atoms with Crippen molar-refractivity contribution in [3.63, 3.8) is 0 Å². The van der Waals surface area contributed by atoms with Crippen LogP contribution in [0.5, 0.6) is 5.75 Å². The normalized spacial score (nSPS) is 9.36. The third-order valence-corrected chi connectivity index (χ3v) is 1.85. The molecule has 0 aliphatic heterocycles. The molecule has 0 saturated carbocycles. The van der Waals surface area contributed by atoms with Gasteiger partial charge in [0.1, 0.15) is 11.4 Å². The van der Waals surface area contributed by atoms with Crippen molar-refractivity contribution in [2.75, 3.05) is 6.61 Å².